The number of alkyl halides is 3. The topological polar surface area (TPSA) is 155 Å². The summed E-state index contributed by atoms with van der Waals surface area (Å²) in [5.41, 5.74) is -3.24. The number of rotatable bonds is 14. The van der Waals surface area contributed by atoms with E-state index in [4.69, 9.17) is 19.5 Å². The van der Waals surface area contributed by atoms with Gasteiger partial charge in [-0.05, 0) is 51.8 Å². The number of carbonyl (C=O) groups excluding carboxylic acids is 2. The van der Waals surface area contributed by atoms with Crippen molar-refractivity contribution in [1.29, 1.82) is 5.26 Å². The molecule has 2 aliphatic rings. The zero-order valence-corrected chi connectivity index (χ0v) is 32.4. The maximum absolute atomic E-state index is 14.4. The van der Waals surface area contributed by atoms with Crippen LogP contribution in [0.3, 0.4) is 0 Å². The molecule has 1 unspecified atom stereocenters. The summed E-state index contributed by atoms with van der Waals surface area (Å²) in [6.45, 7) is 13.5. The SMILES string of the molecule is CC(C)(C)OC(=O)NC(COC[C@@H]1CCCN1c1cnn(COCC[Si](C)(C)C)c(=O)c1C(F)(F)F)CC(=O)N1CCN(c2ccc(C#N)cn2)CC1. The lowest BCUT2D eigenvalue weighted by Gasteiger charge is -2.36. The molecule has 2 saturated heterocycles. The summed E-state index contributed by atoms with van der Waals surface area (Å²) >= 11 is 0. The average molecular weight is 765 g/mol. The Hall–Kier alpha value is -4.21. The number of piperazine rings is 1. The van der Waals surface area contributed by atoms with Gasteiger partial charge in [-0.15, -0.1) is 0 Å². The van der Waals surface area contributed by atoms with Crippen LogP contribution in [0, 0.1) is 11.3 Å². The van der Waals surface area contributed by atoms with Crippen molar-refractivity contribution in [3.05, 3.63) is 46.0 Å². The van der Waals surface area contributed by atoms with Crippen LogP contribution in [0.15, 0.2) is 29.3 Å². The van der Waals surface area contributed by atoms with Gasteiger partial charge in [-0.1, -0.05) is 19.6 Å². The highest BCUT2D eigenvalue weighted by molar-refractivity contribution is 6.76. The van der Waals surface area contributed by atoms with Crippen molar-refractivity contribution in [1.82, 2.24) is 25.0 Å². The highest BCUT2D eigenvalue weighted by Crippen LogP contribution is 2.36. The zero-order valence-electron chi connectivity index (χ0n) is 31.4. The first-order chi connectivity index (χ1) is 24.8. The third-order valence-electron chi connectivity index (χ3n) is 8.81. The average Bonchev–Trinajstić information content (AvgIpc) is 3.53. The lowest BCUT2D eigenvalue weighted by Crippen LogP contribution is -2.51. The second-order valence-corrected chi connectivity index (χ2v) is 21.1. The van der Waals surface area contributed by atoms with Crippen LogP contribution in [0.2, 0.25) is 25.7 Å². The fourth-order valence-corrected chi connectivity index (χ4v) is 6.80. The molecule has 4 heterocycles. The highest BCUT2D eigenvalue weighted by atomic mass is 28.3. The number of aromatic nitrogens is 3. The minimum absolute atomic E-state index is 0.0167. The van der Waals surface area contributed by atoms with E-state index in [2.05, 4.69) is 35.0 Å². The number of pyridine rings is 1. The number of carbonyl (C=O) groups is 2. The van der Waals surface area contributed by atoms with Crippen molar-refractivity contribution < 1.29 is 37.0 Å². The first-order valence-corrected chi connectivity index (χ1v) is 21.5. The minimum atomic E-state index is -4.93. The number of hydrogen-bond donors (Lipinski definition) is 1. The normalized spacial score (nSPS) is 17.4. The molecule has 2 atom stereocenters. The summed E-state index contributed by atoms with van der Waals surface area (Å²) in [4.78, 5) is 48.8. The number of alkyl carbamates (subject to hydrolysis) is 1. The molecule has 0 aliphatic carbocycles. The second-order valence-electron chi connectivity index (χ2n) is 15.5. The molecule has 0 saturated carbocycles. The summed E-state index contributed by atoms with van der Waals surface area (Å²) in [6, 6.07) is 4.98. The van der Waals surface area contributed by atoms with Crippen LogP contribution in [0.4, 0.5) is 29.5 Å². The van der Waals surface area contributed by atoms with Crippen LogP contribution in [-0.2, 0) is 31.9 Å². The number of nitrogens with zero attached hydrogens (tertiary/aromatic N) is 7. The molecule has 0 aromatic carbocycles. The molecular weight excluding hydrogens is 714 g/mol. The molecule has 0 spiro atoms. The number of nitrogens with one attached hydrogen (secondary N) is 1. The van der Waals surface area contributed by atoms with Gasteiger partial charge in [-0.25, -0.2) is 14.5 Å². The summed E-state index contributed by atoms with van der Waals surface area (Å²) in [5.74, 6) is 0.492. The van der Waals surface area contributed by atoms with Gasteiger partial charge in [0.1, 0.15) is 29.8 Å². The number of ether oxygens (including phenoxy) is 3. The van der Waals surface area contributed by atoms with E-state index >= 15 is 0 Å². The van der Waals surface area contributed by atoms with Crippen molar-refractivity contribution in [2.45, 2.75) is 96.3 Å². The molecule has 2 amide bonds. The molecule has 2 aromatic heterocycles. The fraction of sp³-hybridized carbons (Fsp3) is 0.657. The molecule has 2 fully saturated rings. The van der Waals surface area contributed by atoms with Crippen molar-refractivity contribution in [3.8, 4) is 6.07 Å². The van der Waals surface area contributed by atoms with Crippen molar-refractivity contribution in [3.63, 3.8) is 0 Å². The van der Waals surface area contributed by atoms with Gasteiger partial charge in [0.15, 0.2) is 0 Å². The molecule has 53 heavy (non-hydrogen) atoms. The fourth-order valence-electron chi connectivity index (χ4n) is 6.05. The van der Waals surface area contributed by atoms with Crippen molar-refractivity contribution >= 4 is 31.6 Å². The molecule has 2 aromatic rings. The predicted molar refractivity (Wildman–Crippen MR) is 194 cm³/mol. The van der Waals surface area contributed by atoms with Crippen LogP contribution in [0.1, 0.15) is 51.2 Å². The molecule has 0 radical (unpaired) electrons. The van der Waals surface area contributed by atoms with E-state index in [0.29, 0.717) is 61.7 Å². The molecule has 2 aliphatic heterocycles. The van der Waals surface area contributed by atoms with Crippen LogP contribution in [-0.4, -0.2) is 110 Å². The van der Waals surface area contributed by atoms with Crippen LogP contribution in [0.25, 0.3) is 0 Å². The van der Waals surface area contributed by atoms with Crippen LogP contribution in [0.5, 0.6) is 0 Å². The number of anilines is 2. The summed E-state index contributed by atoms with van der Waals surface area (Å²) < 4.78 is 60.8. The summed E-state index contributed by atoms with van der Waals surface area (Å²) in [5, 5.41) is 15.8. The van der Waals surface area contributed by atoms with E-state index in [9.17, 15) is 27.6 Å². The number of nitriles is 1. The molecule has 4 rings (SSSR count). The van der Waals surface area contributed by atoms with Crippen molar-refractivity contribution in [2.24, 2.45) is 0 Å². The lowest BCUT2D eigenvalue weighted by molar-refractivity contribution is -0.139. The molecule has 1 N–H and O–H groups in total. The van der Waals surface area contributed by atoms with E-state index in [0.717, 1.165) is 12.2 Å². The van der Waals surface area contributed by atoms with Gasteiger partial charge in [0.2, 0.25) is 5.91 Å². The maximum atomic E-state index is 14.4. The monoisotopic (exact) mass is 764 g/mol. The molecular formula is C35H51F3N8O6Si. The highest BCUT2D eigenvalue weighted by Gasteiger charge is 2.41. The number of hydrogen-bond acceptors (Lipinski definition) is 11. The molecule has 14 nitrogen and oxygen atoms in total. The van der Waals surface area contributed by atoms with Crippen LogP contribution >= 0.6 is 0 Å². The molecule has 292 valence electrons. The van der Waals surface area contributed by atoms with E-state index in [1.165, 1.54) is 11.1 Å². The first kappa shape index (κ1) is 41.5. The standard InChI is InChI=1S/C35H51F3N8O6Si/c1-34(2,3)52-33(49)42-26(18-30(47)44-14-12-43(13-15-44)29-10-9-25(19-39)20-40-29)22-51-23-27-8-7-11-45(27)28-21-41-46(24-50-16-17-53(4,5)6)32(48)31(28)35(36,37)38/h9-10,20-21,26-27H,7-8,11-18,22-24H2,1-6H3,(H,42,49)/t26?,27-/m0/s1. The van der Waals surface area contributed by atoms with Gasteiger partial charge in [0.05, 0.1) is 42.7 Å². The first-order valence-electron chi connectivity index (χ1n) is 17.8. The summed E-state index contributed by atoms with van der Waals surface area (Å²) in [7, 11) is -1.44. The van der Waals surface area contributed by atoms with Gasteiger partial charge in [-0.3, -0.25) is 9.59 Å². The largest absolute Gasteiger partial charge is 0.444 e. The zero-order chi connectivity index (χ0) is 39.0. The quantitative estimate of drug-likeness (QED) is 0.214. The van der Waals surface area contributed by atoms with E-state index < -0.39 is 49.2 Å². The van der Waals surface area contributed by atoms with Crippen molar-refractivity contribution in [2.75, 3.05) is 62.3 Å². The Kier molecular flexibility index (Phi) is 13.9. The summed E-state index contributed by atoms with van der Waals surface area (Å²) in [6.07, 6.45) is -2.13. The van der Waals surface area contributed by atoms with E-state index in [1.54, 1.807) is 37.8 Å². The third kappa shape index (κ3) is 12.4. The Morgan fingerprint density at radius 1 is 1.08 bits per heavy atom. The Morgan fingerprint density at radius 3 is 2.40 bits per heavy atom. The van der Waals surface area contributed by atoms with Gasteiger partial charge < -0.3 is 34.2 Å². The van der Waals surface area contributed by atoms with Gasteiger partial charge in [0.25, 0.3) is 5.56 Å². The third-order valence-corrected chi connectivity index (χ3v) is 10.5. The van der Waals surface area contributed by atoms with E-state index in [-0.39, 0.29) is 44.5 Å². The minimum Gasteiger partial charge on any atom is -0.444 e. The van der Waals surface area contributed by atoms with Gasteiger partial charge >= 0.3 is 12.3 Å². The number of halogens is 3. The predicted octanol–water partition coefficient (Wildman–Crippen LogP) is 4.46. The van der Waals surface area contributed by atoms with E-state index in [1.807, 2.05) is 11.0 Å². The molecule has 0 bridgehead atoms. The van der Waals surface area contributed by atoms with Crippen LogP contribution < -0.4 is 20.7 Å². The maximum Gasteiger partial charge on any atom is 0.423 e. The Labute approximate surface area is 309 Å². The molecule has 18 heteroatoms. The lowest BCUT2D eigenvalue weighted by atomic mass is 10.1. The van der Waals surface area contributed by atoms with Gasteiger partial charge in [0, 0.05) is 60.0 Å². The second kappa shape index (κ2) is 17.7. The Bertz CT molecular complexity index is 1650. The smallest absolute Gasteiger partial charge is 0.423 e. The Balaban J connectivity index is 1.40. The Morgan fingerprint density at radius 2 is 1.79 bits per heavy atom. The number of amides is 2. The van der Waals surface area contributed by atoms with Gasteiger partial charge in [-0.2, -0.15) is 23.5 Å².